The first-order valence-corrected chi connectivity index (χ1v) is 7.27. The number of benzene rings is 1. The van der Waals surface area contributed by atoms with Gasteiger partial charge in [-0.3, -0.25) is 4.79 Å². The summed E-state index contributed by atoms with van der Waals surface area (Å²) in [5, 5.41) is 6.44. The Balaban J connectivity index is 1.87. The van der Waals surface area contributed by atoms with E-state index < -0.39 is 0 Å². The minimum Gasteiger partial charge on any atom is -0.495 e. The Morgan fingerprint density at radius 2 is 2.14 bits per heavy atom. The van der Waals surface area contributed by atoms with Crippen LogP contribution in [0.4, 0.5) is 11.5 Å². The molecule has 0 aliphatic heterocycles. The van der Waals surface area contributed by atoms with Gasteiger partial charge in [0, 0.05) is 23.7 Å². The molecule has 1 aromatic carbocycles. The summed E-state index contributed by atoms with van der Waals surface area (Å²) in [6.45, 7) is 2.41. The normalized spacial score (nSPS) is 10.1. The number of anilines is 2. The SMILES string of the molecule is COc1ccc(Cl)cc1NC(=O)CCNc1cccc(C)n1. The molecule has 1 amide bonds. The average molecular weight is 320 g/mol. The van der Waals surface area contributed by atoms with Crippen molar-refractivity contribution in [1.29, 1.82) is 0 Å². The predicted octanol–water partition coefficient (Wildman–Crippen LogP) is 3.49. The van der Waals surface area contributed by atoms with Crippen LogP contribution < -0.4 is 15.4 Å². The first kappa shape index (κ1) is 16.1. The minimum atomic E-state index is -0.124. The lowest BCUT2D eigenvalue weighted by molar-refractivity contribution is -0.115. The predicted molar refractivity (Wildman–Crippen MR) is 88.7 cm³/mol. The third-order valence-electron chi connectivity index (χ3n) is 2.98. The number of hydrogen-bond acceptors (Lipinski definition) is 4. The number of aryl methyl sites for hydroxylation is 1. The fraction of sp³-hybridized carbons (Fsp3) is 0.250. The number of rotatable bonds is 6. The summed E-state index contributed by atoms with van der Waals surface area (Å²) in [5.74, 6) is 1.21. The van der Waals surface area contributed by atoms with Crippen LogP contribution in [0.3, 0.4) is 0 Å². The molecule has 0 bridgehead atoms. The minimum absolute atomic E-state index is 0.124. The summed E-state index contributed by atoms with van der Waals surface area (Å²) in [5.41, 5.74) is 1.49. The van der Waals surface area contributed by atoms with Crippen molar-refractivity contribution in [2.75, 3.05) is 24.3 Å². The van der Waals surface area contributed by atoms with Gasteiger partial charge >= 0.3 is 0 Å². The van der Waals surface area contributed by atoms with Crippen molar-refractivity contribution >= 4 is 29.0 Å². The molecule has 0 aliphatic carbocycles. The van der Waals surface area contributed by atoms with Gasteiger partial charge in [0.15, 0.2) is 0 Å². The van der Waals surface area contributed by atoms with Crippen LogP contribution in [-0.4, -0.2) is 24.5 Å². The highest BCUT2D eigenvalue weighted by Crippen LogP contribution is 2.27. The number of hydrogen-bond donors (Lipinski definition) is 2. The molecule has 0 aliphatic rings. The van der Waals surface area contributed by atoms with Gasteiger partial charge in [0.25, 0.3) is 0 Å². The maximum absolute atomic E-state index is 12.0. The van der Waals surface area contributed by atoms with Gasteiger partial charge in [-0.05, 0) is 37.3 Å². The molecule has 0 fully saturated rings. The number of carbonyl (C=O) groups excluding carboxylic acids is 1. The fourth-order valence-electron chi connectivity index (χ4n) is 1.94. The average Bonchev–Trinajstić information content (AvgIpc) is 2.47. The first-order chi connectivity index (χ1) is 10.6. The summed E-state index contributed by atoms with van der Waals surface area (Å²) in [6, 6.07) is 10.8. The van der Waals surface area contributed by atoms with Crippen LogP contribution in [0.1, 0.15) is 12.1 Å². The molecule has 0 unspecified atom stereocenters. The molecular formula is C16H18ClN3O2. The van der Waals surface area contributed by atoms with Crippen molar-refractivity contribution < 1.29 is 9.53 Å². The highest BCUT2D eigenvalue weighted by molar-refractivity contribution is 6.31. The van der Waals surface area contributed by atoms with Gasteiger partial charge in [-0.15, -0.1) is 0 Å². The Bertz CT molecular complexity index is 662. The van der Waals surface area contributed by atoms with Gasteiger partial charge in [0.1, 0.15) is 11.6 Å². The third-order valence-corrected chi connectivity index (χ3v) is 3.22. The van der Waals surface area contributed by atoms with Crippen molar-refractivity contribution in [3.63, 3.8) is 0 Å². The number of amides is 1. The van der Waals surface area contributed by atoms with E-state index in [-0.39, 0.29) is 5.91 Å². The van der Waals surface area contributed by atoms with E-state index in [1.54, 1.807) is 25.3 Å². The van der Waals surface area contributed by atoms with Crippen molar-refractivity contribution in [3.05, 3.63) is 47.1 Å². The zero-order chi connectivity index (χ0) is 15.9. The van der Waals surface area contributed by atoms with E-state index in [1.165, 1.54) is 0 Å². The highest BCUT2D eigenvalue weighted by atomic mass is 35.5. The van der Waals surface area contributed by atoms with Gasteiger partial charge in [0.2, 0.25) is 5.91 Å². The molecule has 2 rings (SSSR count). The van der Waals surface area contributed by atoms with Crippen LogP contribution in [0.25, 0.3) is 0 Å². The molecule has 6 heteroatoms. The number of halogens is 1. The van der Waals surface area contributed by atoms with E-state index in [9.17, 15) is 4.79 Å². The van der Waals surface area contributed by atoms with Gasteiger partial charge < -0.3 is 15.4 Å². The van der Waals surface area contributed by atoms with Crippen molar-refractivity contribution in [1.82, 2.24) is 4.98 Å². The topological polar surface area (TPSA) is 63.2 Å². The molecule has 0 saturated carbocycles. The van der Waals surface area contributed by atoms with E-state index in [1.807, 2.05) is 25.1 Å². The Morgan fingerprint density at radius 1 is 1.32 bits per heavy atom. The Kier molecular flexibility index (Phi) is 5.61. The zero-order valence-electron chi connectivity index (χ0n) is 12.5. The van der Waals surface area contributed by atoms with E-state index in [0.29, 0.717) is 29.4 Å². The molecule has 0 radical (unpaired) electrons. The standard InChI is InChI=1S/C16H18ClN3O2/c1-11-4-3-5-15(19-11)18-9-8-16(21)20-13-10-12(17)6-7-14(13)22-2/h3-7,10H,8-9H2,1-2H3,(H,18,19)(H,20,21). The monoisotopic (exact) mass is 319 g/mol. The zero-order valence-corrected chi connectivity index (χ0v) is 13.3. The van der Waals surface area contributed by atoms with Crippen molar-refractivity contribution in [2.45, 2.75) is 13.3 Å². The second-order valence-corrected chi connectivity index (χ2v) is 5.17. The molecule has 1 heterocycles. The molecule has 2 aromatic rings. The summed E-state index contributed by atoms with van der Waals surface area (Å²) >= 11 is 5.93. The lowest BCUT2D eigenvalue weighted by atomic mass is 10.2. The van der Waals surface area contributed by atoms with Gasteiger partial charge in [0.05, 0.1) is 12.8 Å². The molecule has 1 aromatic heterocycles. The van der Waals surface area contributed by atoms with E-state index >= 15 is 0 Å². The molecule has 116 valence electrons. The number of nitrogens with one attached hydrogen (secondary N) is 2. The second-order valence-electron chi connectivity index (χ2n) is 4.73. The van der Waals surface area contributed by atoms with Crippen LogP contribution in [0.5, 0.6) is 5.75 Å². The fourth-order valence-corrected chi connectivity index (χ4v) is 2.11. The van der Waals surface area contributed by atoms with Crippen molar-refractivity contribution in [3.8, 4) is 5.75 Å². The highest BCUT2D eigenvalue weighted by Gasteiger charge is 2.08. The van der Waals surface area contributed by atoms with E-state index in [2.05, 4.69) is 15.6 Å². The van der Waals surface area contributed by atoms with Gasteiger partial charge in [-0.1, -0.05) is 17.7 Å². The Labute approximate surface area is 134 Å². The molecule has 5 nitrogen and oxygen atoms in total. The third kappa shape index (κ3) is 4.63. The quantitative estimate of drug-likeness (QED) is 0.855. The molecule has 0 atom stereocenters. The first-order valence-electron chi connectivity index (χ1n) is 6.89. The largest absolute Gasteiger partial charge is 0.495 e. The summed E-state index contributed by atoms with van der Waals surface area (Å²) < 4.78 is 5.19. The Morgan fingerprint density at radius 3 is 2.86 bits per heavy atom. The maximum atomic E-state index is 12.0. The number of methoxy groups -OCH3 is 1. The van der Waals surface area contributed by atoms with Gasteiger partial charge in [-0.2, -0.15) is 0 Å². The summed E-state index contributed by atoms with van der Waals surface area (Å²) in [4.78, 5) is 16.3. The van der Waals surface area contributed by atoms with Crippen LogP contribution in [0.15, 0.2) is 36.4 Å². The van der Waals surface area contributed by atoms with Crippen LogP contribution >= 0.6 is 11.6 Å². The molecular weight excluding hydrogens is 302 g/mol. The lowest BCUT2D eigenvalue weighted by Gasteiger charge is -2.11. The smallest absolute Gasteiger partial charge is 0.226 e. The van der Waals surface area contributed by atoms with Crippen LogP contribution in [-0.2, 0) is 4.79 Å². The number of ether oxygens (including phenoxy) is 1. The van der Waals surface area contributed by atoms with Crippen molar-refractivity contribution in [2.24, 2.45) is 0 Å². The molecule has 0 saturated heterocycles. The van der Waals surface area contributed by atoms with Crippen LogP contribution in [0.2, 0.25) is 5.02 Å². The number of nitrogens with zero attached hydrogens (tertiary/aromatic N) is 1. The summed E-state index contributed by atoms with van der Waals surface area (Å²) in [7, 11) is 1.55. The maximum Gasteiger partial charge on any atom is 0.226 e. The molecule has 0 spiro atoms. The van der Waals surface area contributed by atoms with Gasteiger partial charge in [-0.25, -0.2) is 4.98 Å². The number of carbonyl (C=O) groups is 1. The number of pyridine rings is 1. The molecule has 2 N–H and O–H groups in total. The van der Waals surface area contributed by atoms with E-state index in [0.717, 1.165) is 11.5 Å². The van der Waals surface area contributed by atoms with E-state index in [4.69, 9.17) is 16.3 Å². The Hall–Kier alpha value is -2.27. The second kappa shape index (κ2) is 7.66. The lowest BCUT2D eigenvalue weighted by Crippen LogP contribution is -2.17. The summed E-state index contributed by atoms with van der Waals surface area (Å²) in [6.07, 6.45) is 0.311. The van der Waals surface area contributed by atoms with Crippen LogP contribution in [0, 0.1) is 6.92 Å². The molecule has 22 heavy (non-hydrogen) atoms. The number of aromatic nitrogens is 1.